The van der Waals surface area contributed by atoms with E-state index in [1.54, 1.807) is 12.3 Å². The van der Waals surface area contributed by atoms with Crippen LogP contribution in [0.15, 0.2) is 24.4 Å². The van der Waals surface area contributed by atoms with Crippen LogP contribution >= 0.6 is 0 Å². The summed E-state index contributed by atoms with van der Waals surface area (Å²) in [5.41, 5.74) is 0.923. The zero-order valence-electron chi connectivity index (χ0n) is 12.2. The molecule has 5 heteroatoms. The summed E-state index contributed by atoms with van der Waals surface area (Å²) < 4.78 is 0. The first kappa shape index (κ1) is 14.5. The molecular formula is C15H21N3O2. The molecule has 0 radical (unpaired) electrons. The van der Waals surface area contributed by atoms with Gasteiger partial charge in [-0.25, -0.2) is 9.78 Å². The summed E-state index contributed by atoms with van der Waals surface area (Å²) in [6.07, 6.45) is 4.38. The predicted molar refractivity (Wildman–Crippen MR) is 79.8 cm³/mol. The number of carbonyl (C=O) groups is 1. The summed E-state index contributed by atoms with van der Waals surface area (Å²) >= 11 is 0. The standard InChI is InChI=1S/C15H21N3O2/c1-15(2)11-18(9-8-17(15)3)13-6-4-12(10-16-13)5-7-14(19)20/h4-7,10H,8-9,11H2,1-3H3,(H,19,20)/b7-5+. The van der Waals surface area contributed by atoms with Gasteiger partial charge in [0.25, 0.3) is 0 Å². The van der Waals surface area contributed by atoms with Crippen LogP contribution in [-0.2, 0) is 4.79 Å². The fourth-order valence-corrected chi connectivity index (χ4v) is 2.29. The first-order valence-electron chi connectivity index (χ1n) is 6.72. The highest BCUT2D eigenvalue weighted by Crippen LogP contribution is 2.23. The Kier molecular flexibility index (Phi) is 4.09. The lowest BCUT2D eigenvalue weighted by molar-refractivity contribution is -0.131. The molecular weight excluding hydrogens is 254 g/mol. The number of pyridine rings is 1. The Hall–Kier alpha value is -1.88. The molecule has 0 aromatic carbocycles. The average molecular weight is 275 g/mol. The third-order valence-corrected chi connectivity index (χ3v) is 3.83. The number of anilines is 1. The van der Waals surface area contributed by atoms with Crippen LogP contribution in [0.25, 0.3) is 6.08 Å². The largest absolute Gasteiger partial charge is 0.478 e. The van der Waals surface area contributed by atoms with Gasteiger partial charge in [0.2, 0.25) is 0 Å². The Labute approximate surface area is 119 Å². The number of aromatic nitrogens is 1. The van der Waals surface area contributed by atoms with Gasteiger partial charge in [-0.05, 0) is 44.7 Å². The Morgan fingerprint density at radius 3 is 2.70 bits per heavy atom. The van der Waals surface area contributed by atoms with Gasteiger partial charge in [-0.2, -0.15) is 0 Å². The minimum atomic E-state index is -0.949. The SMILES string of the molecule is CN1CCN(c2ccc(/C=C/C(=O)O)cn2)CC1(C)C. The second-order valence-electron chi connectivity index (χ2n) is 5.78. The van der Waals surface area contributed by atoms with E-state index in [0.717, 1.165) is 37.1 Å². The van der Waals surface area contributed by atoms with Crippen molar-refractivity contribution in [3.05, 3.63) is 30.0 Å². The van der Waals surface area contributed by atoms with Crippen molar-refractivity contribution in [2.45, 2.75) is 19.4 Å². The van der Waals surface area contributed by atoms with Crippen molar-refractivity contribution < 1.29 is 9.90 Å². The normalized spacial score (nSPS) is 19.4. The quantitative estimate of drug-likeness (QED) is 0.851. The van der Waals surface area contributed by atoms with E-state index < -0.39 is 5.97 Å². The van der Waals surface area contributed by atoms with Gasteiger partial charge < -0.3 is 10.0 Å². The van der Waals surface area contributed by atoms with E-state index in [1.807, 2.05) is 12.1 Å². The molecule has 0 atom stereocenters. The molecule has 5 nitrogen and oxygen atoms in total. The van der Waals surface area contributed by atoms with Crippen LogP contribution in [0.1, 0.15) is 19.4 Å². The molecule has 1 aromatic heterocycles. The molecule has 1 saturated heterocycles. The van der Waals surface area contributed by atoms with Gasteiger partial charge in [0.1, 0.15) is 5.82 Å². The van der Waals surface area contributed by atoms with Gasteiger partial charge in [-0.3, -0.25) is 4.90 Å². The maximum absolute atomic E-state index is 10.5. The average Bonchev–Trinajstić information content (AvgIpc) is 2.40. The molecule has 0 bridgehead atoms. The molecule has 1 aromatic rings. The highest BCUT2D eigenvalue weighted by Gasteiger charge is 2.31. The van der Waals surface area contributed by atoms with Crippen LogP contribution in [0.5, 0.6) is 0 Å². The molecule has 108 valence electrons. The summed E-state index contributed by atoms with van der Waals surface area (Å²) in [6.45, 7) is 7.35. The number of carboxylic acids is 1. The number of rotatable bonds is 3. The van der Waals surface area contributed by atoms with Crippen LogP contribution < -0.4 is 4.90 Å². The van der Waals surface area contributed by atoms with Crippen molar-refractivity contribution in [2.24, 2.45) is 0 Å². The van der Waals surface area contributed by atoms with Crippen LogP contribution in [0.4, 0.5) is 5.82 Å². The fraction of sp³-hybridized carbons (Fsp3) is 0.467. The van der Waals surface area contributed by atoms with Crippen LogP contribution in [0.2, 0.25) is 0 Å². The van der Waals surface area contributed by atoms with E-state index in [4.69, 9.17) is 5.11 Å². The first-order valence-corrected chi connectivity index (χ1v) is 6.72. The monoisotopic (exact) mass is 275 g/mol. The molecule has 20 heavy (non-hydrogen) atoms. The Morgan fingerprint density at radius 2 is 2.15 bits per heavy atom. The van der Waals surface area contributed by atoms with Crippen molar-refractivity contribution in [2.75, 3.05) is 31.6 Å². The molecule has 2 heterocycles. The lowest BCUT2D eigenvalue weighted by Gasteiger charge is -2.45. The van der Waals surface area contributed by atoms with Crippen molar-refractivity contribution in [1.82, 2.24) is 9.88 Å². The van der Waals surface area contributed by atoms with Crippen LogP contribution in [0.3, 0.4) is 0 Å². The van der Waals surface area contributed by atoms with E-state index in [1.165, 1.54) is 0 Å². The highest BCUT2D eigenvalue weighted by atomic mass is 16.4. The Morgan fingerprint density at radius 1 is 1.40 bits per heavy atom. The molecule has 1 fully saturated rings. The van der Waals surface area contributed by atoms with E-state index in [9.17, 15) is 4.79 Å². The third kappa shape index (κ3) is 3.36. The van der Waals surface area contributed by atoms with Crippen molar-refractivity contribution in [1.29, 1.82) is 0 Å². The van der Waals surface area contributed by atoms with Gasteiger partial charge in [-0.15, -0.1) is 0 Å². The molecule has 1 aliphatic heterocycles. The second-order valence-corrected chi connectivity index (χ2v) is 5.78. The number of piperazine rings is 1. The number of hydrogen-bond donors (Lipinski definition) is 1. The number of aliphatic carboxylic acids is 1. The fourth-order valence-electron chi connectivity index (χ4n) is 2.29. The molecule has 0 unspecified atom stereocenters. The number of likely N-dealkylation sites (N-methyl/N-ethyl adjacent to an activating group) is 1. The first-order chi connectivity index (χ1) is 9.38. The minimum Gasteiger partial charge on any atom is -0.478 e. The zero-order valence-corrected chi connectivity index (χ0v) is 12.2. The molecule has 1 aliphatic rings. The summed E-state index contributed by atoms with van der Waals surface area (Å²) in [7, 11) is 2.14. The number of carboxylic acid groups (broad SMARTS) is 1. The molecule has 0 spiro atoms. The summed E-state index contributed by atoms with van der Waals surface area (Å²) in [5, 5.41) is 8.60. The smallest absolute Gasteiger partial charge is 0.328 e. The van der Waals surface area contributed by atoms with Gasteiger partial charge >= 0.3 is 5.97 Å². The van der Waals surface area contributed by atoms with Crippen LogP contribution in [0, 0.1) is 0 Å². The second kappa shape index (κ2) is 5.63. The predicted octanol–water partition coefficient (Wildman–Crippen LogP) is 1.71. The molecule has 0 aliphatic carbocycles. The van der Waals surface area contributed by atoms with E-state index >= 15 is 0 Å². The third-order valence-electron chi connectivity index (χ3n) is 3.83. The molecule has 1 N–H and O–H groups in total. The minimum absolute atomic E-state index is 0.127. The van der Waals surface area contributed by atoms with E-state index in [0.29, 0.717) is 0 Å². The zero-order chi connectivity index (χ0) is 14.8. The van der Waals surface area contributed by atoms with Gasteiger partial charge in [0.05, 0.1) is 0 Å². The van der Waals surface area contributed by atoms with Crippen molar-refractivity contribution in [3.63, 3.8) is 0 Å². The molecule has 0 saturated carbocycles. The Balaban J connectivity index is 2.09. The lowest BCUT2D eigenvalue weighted by Crippen LogP contribution is -2.57. The highest BCUT2D eigenvalue weighted by molar-refractivity contribution is 5.85. The topological polar surface area (TPSA) is 56.7 Å². The summed E-state index contributed by atoms with van der Waals surface area (Å²) in [6, 6.07) is 3.84. The van der Waals surface area contributed by atoms with Crippen LogP contribution in [-0.4, -0.2) is 53.2 Å². The maximum atomic E-state index is 10.5. The lowest BCUT2D eigenvalue weighted by atomic mass is 10.00. The van der Waals surface area contributed by atoms with E-state index in [2.05, 4.69) is 35.7 Å². The molecule has 0 amide bonds. The van der Waals surface area contributed by atoms with Gasteiger partial charge in [0, 0.05) is 37.4 Å². The van der Waals surface area contributed by atoms with Crippen molar-refractivity contribution in [3.8, 4) is 0 Å². The number of nitrogens with zero attached hydrogens (tertiary/aromatic N) is 3. The maximum Gasteiger partial charge on any atom is 0.328 e. The van der Waals surface area contributed by atoms with Gasteiger partial charge in [0.15, 0.2) is 0 Å². The van der Waals surface area contributed by atoms with Gasteiger partial charge in [-0.1, -0.05) is 0 Å². The van der Waals surface area contributed by atoms with E-state index in [-0.39, 0.29) is 5.54 Å². The summed E-state index contributed by atoms with van der Waals surface area (Å²) in [4.78, 5) is 19.5. The summed E-state index contributed by atoms with van der Waals surface area (Å²) in [5.74, 6) is -0.00598. The Bertz CT molecular complexity index is 508. The molecule has 2 rings (SSSR count). The van der Waals surface area contributed by atoms with Crippen molar-refractivity contribution >= 4 is 17.9 Å². The number of hydrogen-bond acceptors (Lipinski definition) is 4.